The van der Waals surface area contributed by atoms with Crippen LogP contribution >= 0.6 is 11.3 Å². The Morgan fingerprint density at radius 2 is 1.92 bits per heavy atom. The van der Waals surface area contributed by atoms with Crippen molar-refractivity contribution < 1.29 is 4.79 Å². The quantitative estimate of drug-likeness (QED) is 0.630. The first-order chi connectivity index (χ1) is 12.6. The fourth-order valence-corrected chi connectivity index (χ4v) is 3.36. The number of aromatic amines is 1. The minimum Gasteiger partial charge on any atom is -0.375 e. The molecule has 0 aliphatic carbocycles. The smallest absolute Gasteiger partial charge is 0.261 e. The number of nitrogens with zero attached hydrogens (tertiary/aromatic N) is 1. The molecule has 0 saturated heterocycles. The van der Waals surface area contributed by atoms with Crippen LogP contribution in [0.2, 0.25) is 0 Å². The third-order valence-corrected chi connectivity index (χ3v) is 5.00. The zero-order valence-corrected chi connectivity index (χ0v) is 15.4. The number of H-pyrrole nitrogens is 1. The maximum absolute atomic E-state index is 12.2. The molecule has 0 fully saturated rings. The summed E-state index contributed by atoms with van der Waals surface area (Å²) in [6, 6.07) is 17.3. The molecule has 26 heavy (non-hydrogen) atoms. The fourth-order valence-electron chi connectivity index (χ4n) is 2.65. The number of carbonyl (C=O) groups is 1. The van der Waals surface area contributed by atoms with Crippen molar-refractivity contribution in [2.45, 2.75) is 6.42 Å². The van der Waals surface area contributed by atoms with Crippen LogP contribution in [0.4, 0.5) is 5.69 Å². The predicted molar refractivity (Wildman–Crippen MR) is 107 cm³/mol. The molecule has 3 rings (SSSR count). The minimum absolute atomic E-state index is 0.140. The van der Waals surface area contributed by atoms with Crippen molar-refractivity contribution in [2.24, 2.45) is 0 Å². The van der Waals surface area contributed by atoms with Gasteiger partial charge in [-0.05, 0) is 42.1 Å². The number of pyridine rings is 1. The standard InChI is InChI=1S/C20H21N3O2S/c1-23(15-7-3-2-4-8-15)13-6-12-21-19(24)16-10-11-17(22-20(16)25)18-9-5-14-26-18/h2-5,7-11,14H,6,12-13H2,1H3,(H,21,24)(H,22,25). The lowest BCUT2D eigenvalue weighted by molar-refractivity contribution is 0.0952. The molecule has 0 unspecified atom stereocenters. The average Bonchev–Trinajstić information content (AvgIpc) is 3.20. The van der Waals surface area contributed by atoms with E-state index in [0.29, 0.717) is 6.54 Å². The Hall–Kier alpha value is -2.86. The predicted octanol–water partition coefficient (Wildman–Crippen LogP) is 3.36. The molecule has 5 nitrogen and oxygen atoms in total. The van der Waals surface area contributed by atoms with Gasteiger partial charge in [0.25, 0.3) is 11.5 Å². The Morgan fingerprint density at radius 1 is 1.12 bits per heavy atom. The van der Waals surface area contributed by atoms with E-state index in [1.807, 2.05) is 54.9 Å². The van der Waals surface area contributed by atoms with Crippen molar-refractivity contribution >= 4 is 22.9 Å². The highest BCUT2D eigenvalue weighted by Crippen LogP contribution is 2.21. The Kier molecular flexibility index (Phi) is 5.86. The molecule has 0 aliphatic heterocycles. The number of hydrogen-bond acceptors (Lipinski definition) is 4. The number of rotatable bonds is 7. The van der Waals surface area contributed by atoms with Gasteiger partial charge < -0.3 is 15.2 Å². The molecule has 1 amide bonds. The van der Waals surface area contributed by atoms with Gasteiger partial charge in [0.05, 0.1) is 10.6 Å². The van der Waals surface area contributed by atoms with Crippen molar-refractivity contribution in [2.75, 3.05) is 25.0 Å². The number of benzene rings is 1. The van der Waals surface area contributed by atoms with E-state index in [9.17, 15) is 9.59 Å². The van der Waals surface area contributed by atoms with Crippen molar-refractivity contribution in [3.05, 3.63) is 75.9 Å². The van der Waals surface area contributed by atoms with E-state index in [0.717, 1.165) is 29.2 Å². The Labute approximate surface area is 156 Å². The summed E-state index contributed by atoms with van der Waals surface area (Å²) in [4.78, 5) is 30.3. The molecule has 0 bridgehead atoms. The number of anilines is 1. The molecule has 6 heteroatoms. The van der Waals surface area contributed by atoms with E-state index in [1.54, 1.807) is 23.5 Å². The summed E-state index contributed by atoms with van der Waals surface area (Å²) in [6.07, 6.45) is 0.794. The van der Waals surface area contributed by atoms with Crippen LogP contribution in [0.25, 0.3) is 10.6 Å². The summed E-state index contributed by atoms with van der Waals surface area (Å²) in [5.74, 6) is -0.341. The summed E-state index contributed by atoms with van der Waals surface area (Å²) in [6.45, 7) is 1.33. The van der Waals surface area contributed by atoms with Gasteiger partial charge in [-0.3, -0.25) is 9.59 Å². The molecular weight excluding hydrogens is 346 g/mol. The van der Waals surface area contributed by atoms with Crippen LogP contribution < -0.4 is 15.8 Å². The van der Waals surface area contributed by atoms with Crippen LogP contribution in [-0.2, 0) is 0 Å². The monoisotopic (exact) mass is 367 g/mol. The van der Waals surface area contributed by atoms with Crippen LogP contribution in [0.1, 0.15) is 16.8 Å². The molecule has 0 saturated carbocycles. The first-order valence-electron chi connectivity index (χ1n) is 8.47. The lowest BCUT2D eigenvalue weighted by Gasteiger charge is -2.19. The normalized spacial score (nSPS) is 10.5. The molecule has 2 heterocycles. The highest BCUT2D eigenvalue weighted by atomic mass is 32.1. The maximum Gasteiger partial charge on any atom is 0.261 e. The van der Waals surface area contributed by atoms with Gasteiger partial charge in [0, 0.05) is 25.8 Å². The van der Waals surface area contributed by atoms with Gasteiger partial charge in [-0.25, -0.2) is 0 Å². The molecular formula is C20H21N3O2S. The Bertz CT molecular complexity index is 904. The first-order valence-corrected chi connectivity index (χ1v) is 9.35. The molecule has 2 N–H and O–H groups in total. The lowest BCUT2D eigenvalue weighted by atomic mass is 10.2. The van der Waals surface area contributed by atoms with E-state index >= 15 is 0 Å². The summed E-state index contributed by atoms with van der Waals surface area (Å²) in [7, 11) is 2.02. The largest absolute Gasteiger partial charge is 0.375 e. The van der Waals surface area contributed by atoms with Gasteiger partial charge in [0.2, 0.25) is 0 Å². The summed E-state index contributed by atoms with van der Waals surface area (Å²) < 4.78 is 0. The first kappa shape index (κ1) is 17.9. The number of nitrogens with one attached hydrogen (secondary N) is 2. The fraction of sp³-hybridized carbons (Fsp3) is 0.200. The second-order valence-corrected chi connectivity index (χ2v) is 6.91. The van der Waals surface area contributed by atoms with Gasteiger partial charge >= 0.3 is 0 Å². The molecule has 0 atom stereocenters. The van der Waals surface area contributed by atoms with E-state index in [2.05, 4.69) is 15.2 Å². The zero-order valence-electron chi connectivity index (χ0n) is 14.6. The Morgan fingerprint density at radius 3 is 2.62 bits per heavy atom. The van der Waals surface area contributed by atoms with Crippen LogP contribution in [0.5, 0.6) is 0 Å². The number of aromatic nitrogens is 1. The molecule has 2 aromatic heterocycles. The number of amides is 1. The highest BCUT2D eigenvalue weighted by molar-refractivity contribution is 7.13. The van der Waals surface area contributed by atoms with Gasteiger partial charge in [0.15, 0.2) is 0 Å². The van der Waals surface area contributed by atoms with E-state index < -0.39 is 0 Å². The van der Waals surface area contributed by atoms with Crippen molar-refractivity contribution in [1.29, 1.82) is 0 Å². The van der Waals surface area contributed by atoms with Gasteiger partial charge in [-0.15, -0.1) is 11.3 Å². The zero-order chi connectivity index (χ0) is 18.4. The lowest BCUT2D eigenvalue weighted by Crippen LogP contribution is -2.32. The molecule has 3 aromatic rings. The summed E-state index contributed by atoms with van der Waals surface area (Å²) in [5.41, 5.74) is 1.64. The number of hydrogen-bond donors (Lipinski definition) is 2. The van der Waals surface area contributed by atoms with E-state index in [-0.39, 0.29) is 17.0 Å². The minimum atomic E-state index is -0.366. The second kappa shape index (κ2) is 8.49. The molecule has 0 aliphatic rings. The van der Waals surface area contributed by atoms with Crippen molar-refractivity contribution in [1.82, 2.24) is 10.3 Å². The van der Waals surface area contributed by atoms with E-state index in [1.165, 1.54) is 0 Å². The second-order valence-electron chi connectivity index (χ2n) is 5.96. The molecule has 0 radical (unpaired) electrons. The summed E-state index contributed by atoms with van der Waals surface area (Å²) in [5, 5.41) is 4.76. The summed E-state index contributed by atoms with van der Waals surface area (Å²) >= 11 is 1.54. The topological polar surface area (TPSA) is 65.2 Å². The number of para-hydroxylation sites is 1. The van der Waals surface area contributed by atoms with Gasteiger partial charge in [-0.1, -0.05) is 24.3 Å². The number of carbonyl (C=O) groups excluding carboxylic acids is 1. The Balaban J connectivity index is 1.51. The van der Waals surface area contributed by atoms with Crippen molar-refractivity contribution in [3.63, 3.8) is 0 Å². The van der Waals surface area contributed by atoms with Crippen LogP contribution in [0.15, 0.2) is 64.8 Å². The molecule has 134 valence electrons. The van der Waals surface area contributed by atoms with Gasteiger partial charge in [-0.2, -0.15) is 0 Å². The third-order valence-electron chi connectivity index (χ3n) is 4.09. The van der Waals surface area contributed by atoms with E-state index in [4.69, 9.17) is 0 Å². The van der Waals surface area contributed by atoms with Crippen LogP contribution in [0, 0.1) is 0 Å². The maximum atomic E-state index is 12.2. The number of thiophene rings is 1. The SMILES string of the molecule is CN(CCCNC(=O)c1ccc(-c2cccs2)[nH]c1=O)c1ccccc1. The molecule has 1 aromatic carbocycles. The van der Waals surface area contributed by atoms with Crippen LogP contribution in [0.3, 0.4) is 0 Å². The van der Waals surface area contributed by atoms with Crippen LogP contribution in [-0.4, -0.2) is 31.0 Å². The van der Waals surface area contributed by atoms with Crippen molar-refractivity contribution in [3.8, 4) is 10.6 Å². The van der Waals surface area contributed by atoms with Gasteiger partial charge in [0.1, 0.15) is 5.56 Å². The third kappa shape index (κ3) is 4.40. The average molecular weight is 367 g/mol. The molecule has 0 spiro atoms. The highest BCUT2D eigenvalue weighted by Gasteiger charge is 2.11.